The predicted octanol–water partition coefficient (Wildman–Crippen LogP) is 0.737. The molecule has 0 saturated carbocycles. The first-order valence-electron chi connectivity index (χ1n) is 5.67. The number of aromatic nitrogens is 2. The van der Waals surface area contributed by atoms with E-state index in [2.05, 4.69) is 17.1 Å². The van der Waals surface area contributed by atoms with Gasteiger partial charge in [-0.3, -0.25) is 9.59 Å². The first-order valence-corrected chi connectivity index (χ1v) is 6.72. The van der Waals surface area contributed by atoms with Gasteiger partial charge in [0.05, 0.1) is 0 Å². The lowest BCUT2D eigenvalue weighted by Crippen LogP contribution is -2.42. The van der Waals surface area contributed by atoms with E-state index in [1.165, 1.54) is 12.1 Å². The molecule has 17 heavy (non-hydrogen) atoms. The Morgan fingerprint density at radius 2 is 2.47 bits per heavy atom. The largest absolute Gasteiger partial charge is 0.335 e. The fourth-order valence-corrected chi connectivity index (χ4v) is 2.96. The van der Waals surface area contributed by atoms with E-state index in [4.69, 9.17) is 0 Å². The summed E-state index contributed by atoms with van der Waals surface area (Å²) in [6, 6.07) is 2.81. The van der Waals surface area contributed by atoms with Crippen molar-refractivity contribution in [1.82, 2.24) is 15.1 Å². The minimum atomic E-state index is -0.290. The molecule has 1 N–H and O–H groups in total. The summed E-state index contributed by atoms with van der Waals surface area (Å²) in [5.41, 5.74) is 0.0218. The number of hydrogen-bond donors (Lipinski definition) is 1. The number of rotatable bonds is 2. The lowest BCUT2D eigenvalue weighted by molar-refractivity contribution is 0.0753. The second kappa shape index (κ2) is 5.35. The van der Waals surface area contributed by atoms with Gasteiger partial charge in [-0.25, -0.2) is 5.10 Å². The van der Waals surface area contributed by atoms with Crippen LogP contribution in [0.2, 0.25) is 0 Å². The number of nitrogens with one attached hydrogen (secondary N) is 1. The number of H-pyrrole nitrogens is 1. The highest BCUT2D eigenvalue weighted by atomic mass is 32.2. The molecule has 2 rings (SSSR count). The molecule has 1 unspecified atom stereocenters. The van der Waals surface area contributed by atoms with Crippen molar-refractivity contribution in [2.75, 3.05) is 18.8 Å². The molecule has 0 radical (unpaired) electrons. The Bertz CT molecular complexity index is 440. The van der Waals surface area contributed by atoms with Gasteiger partial charge in [0.2, 0.25) is 0 Å². The van der Waals surface area contributed by atoms with Gasteiger partial charge in [-0.1, -0.05) is 6.92 Å². The Balaban J connectivity index is 2.09. The van der Waals surface area contributed by atoms with E-state index in [1.807, 2.05) is 16.7 Å². The summed E-state index contributed by atoms with van der Waals surface area (Å²) in [7, 11) is 0. The third-order valence-corrected chi connectivity index (χ3v) is 4.15. The van der Waals surface area contributed by atoms with Gasteiger partial charge in [0.1, 0.15) is 5.69 Å². The normalized spacial score (nSPS) is 20.3. The molecule has 6 heteroatoms. The minimum absolute atomic E-state index is 0.0972. The maximum absolute atomic E-state index is 12.1. The lowest BCUT2D eigenvalue weighted by Gasteiger charge is -2.31. The molecule has 1 aromatic rings. The molecular weight excluding hydrogens is 238 g/mol. The van der Waals surface area contributed by atoms with Crippen molar-refractivity contribution in [3.8, 4) is 0 Å². The highest BCUT2D eigenvalue weighted by molar-refractivity contribution is 8.00. The van der Waals surface area contributed by atoms with Crippen molar-refractivity contribution in [2.24, 2.45) is 0 Å². The molecule has 92 valence electrons. The van der Waals surface area contributed by atoms with Crippen LogP contribution in [0.1, 0.15) is 23.8 Å². The van der Waals surface area contributed by atoms with E-state index in [0.29, 0.717) is 10.9 Å². The molecule has 1 aromatic heterocycles. The van der Waals surface area contributed by atoms with Crippen molar-refractivity contribution in [1.29, 1.82) is 0 Å². The van der Waals surface area contributed by atoms with E-state index in [-0.39, 0.29) is 11.5 Å². The number of nitrogens with zero attached hydrogens (tertiary/aromatic N) is 2. The summed E-state index contributed by atoms with van der Waals surface area (Å²) < 4.78 is 0. The van der Waals surface area contributed by atoms with E-state index in [9.17, 15) is 9.59 Å². The van der Waals surface area contributed by atoms with Gasteiger partial charge in [0, 0.05) is 30.2 Å². The summed E-state index contributed by atoms with van der Waals surface area (Å²) >= 11 is 1.91. The number of carbonyl (C=O) groups excluding carboxylic acids is 1. The molecule has 1 atom stereocenters. The van der Waals surface area contributed by atoms with Crippen LogP contribution in [-0.2, 0) is 0 Å². The summed E-state index contributed by atoms with van der Waals surface area (Å²) in [4.78, 5) is 24.8. The fraction of sp³-hybridized carbons (Fsp3) is 0.545. The molecule has 0 bridgehead atoms. The van der Waals surface area contributed by atoms with E-state index < -0.39 is 0 Å². The molecule has 1 aliphatic rings. The number of aromatic amines is 1. The van der Waals surface area contributed by atoms with Gasteiger partial charge in [-0.05, 0) is 12.5 Å². The summed E-state index contributed by atoms with van der Waals surface area (Å²) in [5, 5.41) is 6.57. The van der Waals surface area contributed by atoms with Crippen molar-refractivity contribution in [3.05, 3.63) is 28.2 Å². The first-order chi connectivity index (χ1) is 8.20. The highest BCUT2D eigenvalue weighted by Crippen LogP contribution is 2.21. The quantitative estimate of drug-likeness (QED) is 0.844. The third-order valence-electron chi connectivity index (χ3n) is 2.78. The molecule has 1 amide bonds. The second-order valence-electron chi connectivity index (χ2n) is 3.96. The van der Waals surface area contributed by atoms with Crippen molar-refractivity contribution < 1.29 is 4.79 Å². The topological polar surface area (TPSA) is 66.1 Å². The zero-order chi connectivity index (χ0) is 12.3. The Hall–Kier alpha value is -1.30. The molecular formula is C11H15N3O2S. The molecule has 0 aromatic carbocycles. The predicted molar refractivity (Wildman–Crippen MR) is 67.3 cm³/mol. The van der Waals surface area contributed by atoms with Gasteiger partial charge in [0.25, 0.3) is 11.5 Å². The first kappa shape index (κ1) is 12.2. The van der Waals surface area contributed by atoms with Crippen LogP contribution in [-0.4, -0.2) is 45.1 Å². The van der Waals surface area contributed by atoms with Crippen LogP contribution in [0.15, 0.2) is 16.9 Å². The van der Waals surface area contributed by atoms with Crippen molar-refractivity contribution >= 4 is 17.7 Å². The zero-order valence-corrected chi connectivity index (χ0v) is 10.5. The van der Waals surface area contributed by atoms with Crippen LogP contribution in [0.4, 0.5) is 0 Å². The third kappa shape index (κ3) is 2.88. The van der Waals surface area contributed by atoms with Crippen LogP contribution in [0.3, 0.4) is 0 Å². The van der Waals surface area contributed by atoms with Crippen LogP contribution in [0.25, 0.3) is 0 Å². The molecule has 2 heterocycles. The molecule has 1 aliphatic heterocycles. The summed E-state index contributed by atoms with van der Waals surface area (Å²) in [6.45, 7) is 3.64. The molecule has 0 spiro atoms. The Morgan fingerprint density at radius 3 is 3.12 bits per heavy atom. The van der Waals surface area contributed by atoms with E-state index in [0.717, 1.165) is 25.3 Å². The molecule has 1 fully saturated rings. The Kier molecular flexibility index (Phi) is 3.83. The minimum Gasteiger partial charge on any atom is -0.335 e. The van der Waals surface area contributed by atoms with Gasteiger partial charge < -0.3 is 4.90 Å². The Labute approximate surface area is 104 Å². The van der Waals surface area contributed by atoms with Crippen molar-refractivity contribution in [2.45, 2.75) is 18.6 Å². The maximum Gasteiger partial charge on any atom is 0.274 e. The molecule has 0 aliphatic carbocycles. The van der Waals surface area contributed by atoms with E-state index >= 15 is 0 Å². The van der Waals surface area contributed by atoms with Gasteiger partial charge in [-0.2, -0.15) is 16.9 Å². The van der Waals surface area contributed by atoms with Crippen LogP contribution < -0.4 is 5.56 Å². The molecule has 5 nitrogen and oxygen atoms in total. The smallest absolute Gasteiger partial charge is 0.274 e. The molecule has 1 saturated heterocycles. The average molecular weight is 253 g/mol. The van der Waals surface area contributed by atoms with Crippen molar-refractivity contribution in [3.63, 3.8) is 0 Å². The summed E-state index contributed by atoms with van der Waals surface area (Å²) in [6.07, 6.45) is 1.06. The van der Waals surface area contributed by atoms with Gasteiger partial charge in [0.15, 0.2) is 0 Å². The standard InChI is InChI=1S/C11H15N3O2S/c1-2-8-7-14(5-6-17-8)11(16)9-3-4-10(15)13-12-9/h3-4,8H,2,5-7H2,1H3,(H,13,15). The van der Waals surface area contributed by atoms with Gasteiger partial charge in [-0.15, -0.1) is 0 Å². The fourth-order valence-electron chi connectivity index (χ4n) is 1.78. The number of thioether (sulfide) groups is 1. The number of carbonyl (C=O) groups is 1. The summed E-state index contributed by atoms with van der Waals surface area (Å²) in [5.74, 6) is 0.869. The zero-order valence-electron chi connectivity index (χ0n) is 9.68. The van der Waals surface area contributed by atoms with E-state index in [1.54, 1.807) is 0 Å². The number of amides is 1. The lowest BCUT2D eigenvalue weighted by atomic mass is 10.2. The highest BCUT2D eigenvalue weighted by Gasteiger charge is 2.24. The van der Waals surface area contributed by atoms with Gasteiger partial charge >= 0.3 is 0 Å². The van der Waals surface area contributed by atoms with Crippen LogP contribution in [0.5, 0.6) is 0 Å². The monoisotopic (exact) mass is 253 g/mol. The SMILES string of the molecule is CCC1CN(C(=O)c2ccc(=O)[nH]n2)CCS1. The maximum atomic E-state index is 12.1. The van der Waals surface area contributed by atoms with Crippen LogP contribution in [0, 0.1) is 0 Å². The average Bonchev–Trinajstić information content (AvgIpc) is 2.39. The van der Waals surface area contributed by atoms with Crippen LogP contribution >= 0.6 is 11.8 Å². The second-order valence-corrected chi connectivity index (χ2v) is 5.37. The number of hydrogen-bond acceptors (Lipinski definition) is 4. The Morgan fingerprint density at radius 1 is 1.65 bits per heavy atom.